The molecule has 0 bridgehead atoms. The van der Waals surface area contributed by atoms with Gasteiger partial charge in [0, 0.05) is 6.54 Å². The molecule has 0 aromatic heterocycles. The highest BCUT2D eigenvalue weighted by Gasteiger charge is 2.17. The first-order valence-corrected chi connectivity index (χ1v) is 9.53. The van der Waals surface area contributed by atoms with Crippen LogP contribution in [0.2, 0.25) is 0 Å². The molecule has 0 spiro atoms. The molecule has 0 unspecified atom stereocenters. The minimum Gasteiger partial charge on any atom is -0.334 e. The van der Waals surface area contributed by atoms with Crippen molar-refractivity contribution in [3.63, 3.8) is 0 Å². The third kappa shape index (κ3) is 5.58. The highest BCUT2D eigenvalue weighted by atomic mass is 32.2. The van der Waals surface area contributed by atoms with E-state index >= 15 is 0 Å². The van der Waals surface area contributed by atoms with Crippen LogP contribution in [0.4, 0.5) is 4.79 Å². The van der Waals surface area contributed by atoms with Crippen LogP contribution < -0.4 is 15.8 Å². The van der Waals surface area contributed by atoms with Crippen LogP contribution in [-0.2, 0) is 16.6 Å². The van der Waals surface area contributed by atoms with Gasteiger partial charge >= 0.3 is 6.03 Å². The van der Waals surface area contributed by atoms with Gasteiger partial charge in [0.05, 0.1) is 10.9 Å². The molecule has 1 atom stereocenters. The summed E-state index contributed by atoms with van der Waals surface area (Å²) in [4.78, 5) is 12.2. The lowest BCUT2D eigenvalue weighted by molar-refractivity contribution is 0.232. The van der Waals surface area contributed by atoms with Gasteiger partial charge in [-0.1, -0.05) is 56.3 Å². The summed E-state index contributed by atoms with van der Waals surface area (Å²) >= 11 is 0. The van der Waals surface area contributed by atoms with Crippen molar-refractivity contribution < 1.29 is 13.2 Å². The zero-order valence-electron chi connectivity index (χ0n) is 14.3. The smallest absolute Gasteiger partial charge is 0.315 e. The van der Waals surface area contributed by atoms with Gasteiger partial charge in [-0.2, -0.15) is 0 Å². The van der Waals surface area contributed by atoms with Crippen molar-refractivity contribution in [3.8, 4) is 0 Å². The first kappa shape index (κ1) is 19.0. The zero-order chi connectivity index (χ0) is 18.4. The molecule has 0 radical (unpaired) electrons. The SMILES string of the molecule is CC(C)[C@H](NC(=O)NCc1ccc(S(N)(=O)=O)cc1)c1ccccc1. The quantitative estimate of drug-likeness (QED) is 0.737. The second-order valence-electron chi connectivity index (χ2n) is 6.15. The molecule has 134 valence electrons. The molecule has 25 heavy (non-hydrogen) atoms. The number of sulfonamides is 1. The van der Waals surface area contributed by atoms with Crippen molar-refractivity contribution in [1.82, 2.24) is 10.6 Å². The number of nitrogens with two attached hydrogens (primary N) is 1. The molecule has 0 aliphatic heterocycles. The molecular formula is C18H23N3O3S. The van der Waals surface area contributed by atoms with E-state index in [0.29, 0.717) is 0 Å². The number of carbonyl (C=O) groups is 1. The average Bonchev–Trinajstić information content (AvgIpc) is 2.58. The Kier molecular flexibility index (Phi) is 6.17. The van der Waals surface area contributed by atoms with Gasteiger partial charge in [0.15, 0.2) is 0 Å². The van der Waals surface area contributed by atoms with E-state index in [9.17, 15) is 13.2 Å². The van der Waals surface area contributed by atoms with Gasteiger partial charge in [-0.05, 0) is 29.2 Å². The lowest BCUT2D eigenvalue weighted by Crippen LogP contribution is -2.39. The van der Waals surface area contributed by atoms with E-state index in [1.165, 1.54) is 12.1 Å². The third-order valence-corrected chi connectivity index (χ3v) is 4.75. The maximum Gasteiger partial charge on any atom is 0.315 e. The van der Waals surface area contributed by atoms with Gasteiger partial charge in [0.25, 0.3) is 0 Å². The number of nitrogens with one attached hydrogen (secondary N) is 2. The molecule has 2 amide bonds. The van der Waals surface area contributed by atoms with Crippen LogP contribution >= 0.6 is 0 Å². The Hall–Kier alpha value is -2.38. The Labute approximate surface area is 148 Å². The molecule has 7 heteroatoms. The van der Waals surface area contributed by atoms with Crippen LogP contribution in [0.25, 0.3) is 0 Å². The predicted molar refractivity (Wildman–Crippen MR) is 97.2 cm³/mol. The van der Waals surface area contributed by atoms with Crippen molar-refractivity contribution in [2.75, 3.05) is 0 Å². The Morgan fingerprint density at radius 1 is 1.04 bits per heavy atom. The number of hydrogen-bond acceptors (Lipinski definition) is 3. The Balaban J connectivity index is 1.95. The normalized spacial score (nSPS) is 12.6. The molecule has 0 aliphatic carbocycles. The van der Waals surface area contributed by atoms with Crippen LogP contribution in [0.5, 0.6) is 0 Å². The summed E-state index contributed by atoms with van der Waals surface area (Å²) in [6.45, 7) is 4.38. The summed E-state index contributed by atoms with van der Waals surface area (Å²) in [5.74, 6) is 0.238. The van der Waals surface area contributed by atoms with Gasteiger partial charge in [0.1, 0.15) is 0 Å². The highest BCUT2D eigenvalue weighted by Crippen LogP contribution is 2.21. The molecular weight excluding hydrogens is 338 g/mol. The summed E-state index contributed by atoms with van der Waals surface area (Å²) in [7, 11) is -3.71. The van der Waals surface area contributed by atoms with Crippen LogP contribution in [0, 0.1) is 5.92 Å². The molecule has 6 nitrogen and oxygen atoms in total. The Bertz CT molecular complexity index is 803. The largest absolute Gasteiger partial charge is 0.334 e. The minimum atomic E-state index is -3.71. The van der Waals surface area contributed by atoms with Gasteiger partial charge in [-0.15, -0.1) is 0 Å². The summed E-state index contributed by atoms with van der Waals surface area (Å²) in [5, 5.41) is 10.8. The summed E-state index contributed by atoms with van der Waals surface area (Å²) in [5.41, 5.74) is 1.83. The van der Waals surface area contributed by atoms with E-state index in [2.05, 4.69) is 10.6 Å². The predicted octanol–water partition coefficient (Wildman–Crippen LogP) is 2.53. The molecule has 0 heterocycles. The van der Waals surface area contributed by atoms with E-state index < -0.39 is 10.0 Å². The van der Waals surface area contributed by atoms with E-state index in [1.54, 1.807) is 12.1 Å². The van der Waals surface area contributed by atoms with Crippen LogP contribution in [0.15, 0.2) is 59.5 Å². The Morgan fingerprint density at radius 2 is 1.64 bits per heavy atom. The van der Waals surface area contributed by atoms with E-state index in [0.717, 1.165) is 11.1 Å². The van der Waals surface area contributed by atoms with Crippen molar-refractivity contribution in [2.24, 2.45) is 11.1 Å². The topological polar surface area (TPSA) is 101 Å². The fourth-order valence-corrected chi connectivity index (χ4v) is 2.98. The lowest BCUT2D eigenvalue weighted by Gasteiger charge is -2.23. The number of carbonyl (C=O) groups excluding carboxylic acids is 1. The summed E-state index contributed by atoms with van der Waals surface area (Å²) in [6.07, 6.45) is 0. The molecule has 0 fully saturated rings. The fraction of sp³-hybridized carbons (Fsp3) is 0.278. The fourth-order valence-electron chi connectivity index (χ4n) is 2.47. The molecule has 4 N–H and O–H groups in total. The Morgan fingerprint density at radius 3 is 2.16 bits per heavy atom. The molecule has 0 saturated carbocycles. The number of hydrogen-bond donors (Lipinski definition) is 3. The summed E-state index contributed by atoms with van der Waals surface area (Å²) < 4.78 is 22.5. The second-order valence-corrected chi connectivity index (χ2v) is 7.71. The molecule has 0 aliphatic rings. The maximum absolute atomic E-state index is 12.2. The maximum atomic E-state index is 12.2. The van der Waals surface area contributed by atoms with Gasteiger partial charge in [-0.3, -0.25) is 0 Å². The van der Waals surface area contributed by atoms with Gasteiger partial charge < -0.3 is 10.6 Å². The first-order valence-electron chi connectivity index (χ1n) is 7.98. The molecule has 2 rings (SSSR count). The van der Waals surface area contributed by atoms with Crippen LogP contribution in [0.3, 0.4) is 0 Å². The monoisotopic (exact) mass is 361 g/mol. The number of rotatable bonds is 6. The molecule has 2 aromatic carbocycles. The highest BCUT2D eigenvalue weighted by molar-refractivity contribution is 7.89. The molecule has 2 aromatic rings. The second kappa shape index (κ2) is 8.13. The standard InChI is InChI=1S/C18H23N3O3S/c1-13(2)17(15-6-4-3-5-7-15)21-18(22)20-12-14-8-10-16(11-9-14)25(19,23)24/h3-11,13,17H,12H2,1-2H3,(H2,19,23,24)(H2,20,21,22)/t17-/m0/s1. The zero-order valence-corrected chi connectivity index (χ0v) is 15.1. The molecule has 0 saturated heterocycles. The van der Waals surface area contributed by atoms with Crippen LogP contribution in [-0.4, -0.2) is 14.4 Å². The number of urea groups is 1. The minimum absolute atomic E-state index is 0.0460. The van der Waals surface area contributed by atoms with E-state index in [4.69, 9.17) is 5.14 Å². The van der Waals surface area contributed by atoms with E-state index in [1.807, 2.05) is 44.2 Å². The number of benzene rings is 2. The van der Waals surface area contributed by atoms with Gasteiger partial charge in [0.2, 0.25) is 10.0 Å². The van der Waals surface area contributed by atoms with Crippen molar-refractivity contribution in [1.29, 1.82) is 0 Å². The number of amides is 2. The van der Waals surface area contributed by atoms with Crippen molar-refractivity contribution in [2.45, 2.75) is 31.3 Å². The van der Waals surface area contributed by atoms with Crippen molar-refractivity contribution in [3.05, 3.63) is 65.7 Å². The first-order chi connectivity index (χ1) is 11.8. The summed E-state index contributed by atoms with van der Waals surface area (Å²) in [6, 6.07) is 15.5. The van der Waals surface area contributed by atoms with Crippen molar-refractivity contribution >= 4 is 16.1 Å². The van der Waals surface area contributed by atoms with Crippen LogP contribution in [0.1, 0.15) is 31.0 Å². The third-order valence-electron chi connectivity index (χ3n) is 3.82. The van der Waals surface area contributed by atoms with E-state index in [-0.39, 0.29) is 29.4 Å². The van der Waals surface area contributed by atoms with Gasteiger partial charge in [-0.25, -0.2) is 18.4 Å². The lowest BCUT2D eigenvalue weighted by atomic mass is 9.96. The average molecular weight is 361 g/mol. The number of primary sulfonamides is 1.